The zero-order chi connectivity index (χ0) is 14.8. The molecule has 1 N–H and O–H groups in total. The minimum Gasteiger partial charge on any atom is -0.453 e. The molecule has 1 heterocycles. The van der Waals surface area contributed by atoms with Crippen LogP contribution in [0.25, 0.3) is 0 Å². The zero-order valence-electron chi connectivity index (χ0n) is 10.7. The molecule has 1 aliphatic heterocycles. The van der Waals surface area contributed by atoms with Crippen LogP contribution in [0, 0.1) is 11.8 Å². The van der Waals surface area contributed by atoms with Crippen molar-refractivity contribution in [3.63, 3.8) is 0 Å². The van der Waals surface area contributed by atoms with Crippen molar-refractivity contribution in [1.29, 1.82) is 0 Å². The first kappa shape index (κ1) is 13.9. The SMILES string of the molecule is C=CC(=O)OC12CC(O)(C(F)(F)F)OC1C1CCC2C1. The van der Waals surface area contributed by atoms with Crippen LogP contribution in [0.2, 0.25) is 0 Å². The number of carbonyl (C=O) groups is 1. The first-order chi connectivity index (χ1) is 9.22. The molecule has 3 aliphatic rings. The van der Waals surface area contributed by atoms with Crippen LogP contribution in [0.4, 0.5) is 13.2 Å². The van der Waals surface area contributed by atoms with Gasteiger partial charge in [0.25, 0.3) is 5.79 Å². The van der Waals surface area contributed by atoms with E-state index in [1.54, 1.807) is 0 Å². The molecule has 112 valence electrons. The molecule has 0 aromatic heterocycles. The number of esters is 1. The lowest BCUT2D eigenvalue weighted by Gasteiger charge is -2.36. The van der Waals surface area contributed by atoms with Crippen LogP contribution in [0.3, 0.4) is 0 Å². The van der Waals surface area contributed by atoms with Crippen LogP contribution in [0.5, 0.6) is 0 Å². The van der Waals surface area contributed by atoms with E-state index in [-0.39, 0.29) is 11.8 Å². The van der Waals surface area contributed by atoms with E-state index in [4.69, 9.17) is 9.47 Å². The largest absolute Gasteiger partial charge is 0.453 e. The molecule has 2 saturated carbocycles. The lowest BCUT2D eigenvalue weighted by molar-refractivity contribution is -0.359. The summed E-state index contributed by atoms with van der Waals surface area (Å²) in [6, 6.07) is 0. The van der Waals surface area contributed by atoms with Crippen molar-refractivity contribution in [3.8, 4) is 0 Å². The molecule has 5 unspecified atom stereocenters. The molecule has 0 amide bonds. The summed E-state index contributed by atoms with van der Waals surface area (Å²) in [7, 11) is 0. The number of aliphatic hydroxyl groups is 1. The maximum absolute atomic E-state index is 13.0. The second kappa shape index (κ2) is 3.98. The fraction of sp³-hybridized carbons (Fsp3) is 0.769. The zero-order valence-corrected chi connectivity index (χ0v) is 10.7. The maximum Gasteiger partial charge on any atom is 0.443 e. The van der Waals surface area contributed by atoms with E-state index >= 15 is 0 Å². The second-order valence-electron chi connectivity index (χ2n) is 5.85. The van der Waals surface area contributed by atoms with Gasteiger partial charge < -0.3 is 14.6 Å². The highest BCUT2D eigenvalue weighted by molar-refractivity contribution is 5.81. The second-order valence-corrected chi connectivity index (χ2v) is 5.85. The Kier molecular flexibility index (Phi) is 2.76. The van der Waals surface area contributed by atoms with Crippen molar-refractivity contribution in [2.75, 3.05) is 0 Å². The van der Waals surface area contributed by atoms with E-state index in [1.807, 2.05) is 0 Å². The van der Waals surface area contributed by atoms with Crippen molar-refractivity contribution >= 4 is 5.97 Å². The average molecular weight is 292 g/mol. The normalized spacial score (nSPS) is 46.3. The molecule has 5 atom stereocenters. The van der Waals surface area contributed by atoms with Crippen LogP contribution in [-0.2, 0) is 14.3 Å². The van der Waals surface area contributed by atoms with E-state index in [0.717, 1.165) is 12.5 Å². The van der Waals surface area contributed by atoms with Crippen LogP contribution >= 0.6 is 0 Å². The highest BCUT2D eigenvalue weighted by Gasteiger charge is 2.75. The van der Waals surface area contributed by atoms with Crippen molar-refractivity contribution in [1.82, 2.24) is 0 Å². The number of ether oxygens (including phenoxy) is 2. The number of halogens is 3. The Morgan fingerprint density at radius 2 is 2.15 bits per heavy atom. The van der Waals surface area contributed by atoms with Gasteiger partial charge in [0.05, 0.1) is 6.42 Å². The third-order valence-electron chi connectivity index (χ3n) is 4.81. The number of alkyl halides is 3. The molecule has 1 saturated heterocycles. The van der Waals surface area contributed by atoms with E-state index in [9.17, 15) is 23.1 Å². The number of hydrogen-bond acceptors (Lipinski definition) is 4. The average Bonchev–Trinajstić information content (AvgIpc) is 2.97. The Labute approximate surface area is 113 Å². The summed E-state index contributed by atoms with van der Waals surface area (Å²) < 4.78 is 49.1. The minimum absolute atomic E-state index is 0.103. The summed E-state index contributed by atoms with van der Waals surface area (Å²) in [4.78, 5) is 11.5. The van der Waals surface area contributed by atoms with Crippen LogP contribution in [0.1, 0.15) is 25.7 Å². The number of rotatable bonds is 2. The predicted molar refractivity (Wildman–Crippen MR) is 60.3 cm³/mol. The van der Waals surface area contributed by atoms with E-state index in [1.165, 1.54) is 0 Å². The summed E-state index contributed by atoms with van der Waals surface area (Å²) in [5.74, 6) is -4.32. The van der Waals surface area contributed by atoms with Gasteiger partial charge in [0, 0.05) is 12.0 Å². The molecule has 0 aromatic carbocycles. The highest BCUT2D eigenvalue weighted by atomic mass is 19.4. The molecular formula is C13H15F3O4. The molecule has 0 spiro atoms. The third kappa shape index (κ3) is 1.65. The summed E-state index contributed by atoms with van der Waals surface area (Å²) in [6.07, 6.45) is -3.55. The topological polar surface area (TPSA) is 55.8 Å². The quantitative estimate of drug-likeness (QED) is 0.624. The number of fused-ring (bicyclic) bond motifs is 5. The Balaban J connectivity index is 1.96. The Hall–Kier alpha value is -1.08. The van der Waals surface area contributed by atoms with Crippen LogP contribution < -0.4 is 0 Å². The van der Waals surface area contributed by atoms with Crippen LogP contribution in [-0.4, -0.2) is 34.7 Å². The van der Waals surface area contributed by atoms with Gasteiger partial charge >= 0.3 is 12.1 Å². The van der Waals surface area contributed by atoms with Crippen molar-refractivity contribution < 1.29 is 32.5 Å². The van der Waals surface area contributed by atoms with E-state index in [0.29, 0.717) is 12.8 Å². The van der Waals surface area contributed by atoms with Gasteiger partial charge in [-0.15, -0.1) is 0 Å². The standard InChI is InChI=1S/C13H15F3O4/c1-2-9(17)19-11-6-12(18,13(14,15)16)20-10(11)7-3-4-8(11)5-7/h2,7-8,10,18H,1,3-6H2. The van der Waals surface area contributed by atoms with Crippen molar-refractivity contribution in [3.05, 3.63) is 12.7 Å². The van der Waals surface area contributed by atoms with E-state index < -0.39 is 36.1 Å². The fourth-order valence-electron chi connectivity index (χ4n) is 4.01. The summed E-state index contributed by atoms with van der Waals surface area (Å²) >= 11 is 0. The Bertz CT molecular complexity index is 463. The fourth-order valence-corrected chi connectivity index (χ4v) is 4.01. The molecule has 3 rings (SSSR count). The molecule has 3 fully saturated rings. The first-order valence-corrected chi connectivity index (χ1v) is 6.54. The monoisotopic (exact) mass is 292 g/mol. The molecule has 0 radical (unpaired) electrons. The van der Waals surface area contributed by atoms with Gasteiger partial charge in [0.15, 0.2) is 0 Å². The maximum atomic E-state index is 13.0. The molecule has 4 nitrogen and oxygen atoms in total. The Morgan fingerprint density at radius 1 is 1.45 bits per heavy atom. The van der Waals surface area contributed by atoms with Crippen molar-refractivity contribution in [2.24, 2.45) is 11.8 Å². The highest BCUT2D eigenvalue weighted by Crippen LogP contribution is 2.63. The summed E-state index contributed by atoms with van der Waals surface area (Å²) in [5.41, 5.74) is -1.38. The minimum atomic E-state index is -4.91. The molecule has 20 heavy (non-hydrogen) atoms. The molecular weight excluding hydrogens is 277 g/mol. The Morgan fingerprint density at radius 3 is 2.75 bits per heavy atom. The molecule has 2 bridgehead atoms. The molecule has 2 aliphatic carbocycles. The lowest BCUT2D eigenvalue weighted by atomic mass is 9.79. The van der Waals surface area contributed by atoms with E-state index in [2.05, 4.69) is 6.58 Å². The smallest absolute Gasteiger partial charge is 0.443 e. The number of hydrogen-bond donors (Lipinski definition) is 1. The van der Waals surface area contributed by atoms with Crippen LogP contribution in [0.15, 0.2) is 12.7 Å². The van der Waals surface area contributed by atoms with Gasteiger partial charge in [-0.05, 0) is 25.2 Å². The first-order valence-electron chi connectivity index (χ1n) is 6.54. The van der Waals surface area contributed by atoms with Gasteiger partial charge in [-0.2, -0.15) is 13.2 Å². The molecule has 7 heteroatoms. The predicted octanol–water partition coefficient (Wildman–Crippen LogP) is 1.92. The number of carbonyl (C=O) groups excluding carboxylic acids is 1. The summed E-state index contributed by atoms with van der Waals surface area (Å²) in [5, 5.41) is 9.78. The van der Waals surface area contributed by atoms with Gasteiger partial charge in [-0.3, -0.25) is 0 Å². The van der Waals surface area contributed by atoms with Gasteiger partial charge in [0.2, 0.25) is 0 Å². The van der Waals surface area contributed by atoms with Gasteiger partial charge in [-0.1, -0.05) is 6.58 Å². The molecule has 0 aromatic rings. The summed E-state index contributed by atoms with van der Waals surface area (Å²) in [6.45, 7) is 3.26. The third-order valence-corrected chi connectivity index (χ3v) is 4.81. The van der Waals surface area contributed by atoms with Gasteiger partial charge in [-0.25, -0.2) is 4.79 Å². The van der Waals surface area contributed by atoms with Gasteiger partial charge in [0.1, 0.15) is 11.7 Å². The lowest BCUT2D eigenvalue weighted by Crippen LogP contribution is -2.49. The van der Waals surface area contributed by atoms with Crippen molar-refractivity contribution in [2.45, 2.75) is 49.4 Å².